The molecule has 4 N–H and O–H groups in total. The van der Waals surface area contributed by atoms with Gasteiger partial charge in [0, 0.05) is 6.54 Å². The van der Waals surface area contributed by atoms with Crippen LogP contribution in [0.1, 0.15) is 12.8 Å². The van der Waals surface area contributed by atoms with Crippen molar-refractivity contribution >= 4 is 5.91 Å². The second kappa shape index (κ2) is 3.69. The number of hydrogen-bond donors (Lipinski definition) is 3. The maximum atomic E-state index is 10.9. The van der Waals surface area contributed by atoms with Crippen molar-refractivity contribution in [2.45, 2.75) is 18.9 Å². The summed E-state index contributed by atoms with van der Waals surface area (Å²) in [6.45, 7) is 0.434. The second-order valence-electron chi connectivity index (χ2n) is 2.98. The topological polar surface area (TPSA) is 75.3 Å². The van der Waals surface area contributed by atoms with Crippen LogP contribution < -0.4 is 11.1 Å². The van der Waals surface area contributed by atoms with Crippen LogP contribution in [0.2, 0.25) is 0 Å². The van der Waals surface area contributed by atoms with Gasteiger partial charge in [0.2, 0.25) is 5.91 Å². The van der Waals surface area contributed by atoms with E-state index in [0.717, 1.165) is 0 Å². The van der Waals surface area contributed by atoms with Gasteiger partial charge in [-0.05, 0) is 18.8 Å². The van der Waals surface area contributed by atoms with Gasteiger partial charge in [-0.1, -0.05) is 0 Å². The van der Waals surface area contributed by atoms with Crippen LogP contribution in [0.4, 0.5) is 0 Å². The largest absolute Gasteiger partial charge is 0.394 e. The Bertz CT molecular complexity index is 145. The SMILES string of the molecule is N[C@@H](CO)C(=O)NCC1CC1. The summed E-state index contributed by atoms with van der Waals surface area (Å²) < 4.78 is 0. The van der Waals surface area contributed by atoms with Gasteiger partial charge in [0.25, 0.3) is 0 Å². The van der Waals surface area contributed by atoms with Gasteiger partial charge in [0.15, 0.2) is 0 Å². The van der Waals surface area contributed by atoms with E-state index in [4.69, 9.17) is 10.8 Å². The molecule has 0 heterocycles. The average molecular weight is 158 g/mol. The number of rotatable bonds is 4. The Kier molecular flexibility index (Phi) is 2.84. The van der Waals surface area contributed by atoms with E-state index in [-0.39, 0.29) is 12.5 Å². The molecule has 0 saturated heterocycles. The summed E-state index contributed by atoms with van der Waals surface area (Å²) in [6.07, 6.45) is 2.41. The third-order valence-corrected chi connectivity index (χ3v) is 1.80. The first-order valence-corrected chi connectivity index (χ1v) is 3.88. The van der Waals surface area contributed by atoms with Gasteiger partial charge < -0.3 is 16.2 Å². The molecule has 1 saturated carbocycles. The first-order chi connectivity index (χ1) is 5.24. The number of carbonyl (C=O) groups is 1. The van der Waals surface area contributed by atoms with Crippen LogP contribution in [0.5, 0.6) is 0 Å². The summed E-state index contributed by atoms with van der Waals surface area (Å²) in [5, 5.41) is 11.2. The van der Waals surface area contributed by atoms with E-state index in [1.54, 1.807) is 0 Å². The van der Waals surface area contributed by atoms with Gasteiger partial charge in [-0.25, -0.2) is 0 Å². The molecule has 0 aliphatic heterocycles. The highest BCUT2D eigenvalue weighted by Gasteiger charge is 2.22. The molecular formula is C7H14N2O2. The van der Waals surface area contributed by atoms with E-state index in [0.29, 0.717) is 12.5 Å². The molecular weight excluding hydrogens is 144 g/mol. The van der Waals surface area contributed by atoms with Crippen LogP contribution in [0.3, 0.4) is 0 Å². The predicted molar refractivity (Wildman–Crippen MR) is 40.8 cm³/mol. The predicted octanol–water partition coefficient (Wildman–Crippen LogP) is -1.17. The molecule has 1 atom stereocenters. The summed E-state index contributed by atoms with van der Waals surface area (Å²) in [5.41, 5.74) is 5.26. The highest BCUT2D eigenvalue weighted by atomic mass is 16.3. The Labute approximate surface area is 65.8 Å². The van der Waals surface area contributed by atoms with Crippen molar-refractivity contribution in [1.29, 1.82) is 0 Å². The van der Waals surface area contributed by atoms with E-state index in [9.17, 15) is 4.79 Å². The normalized spacial score (nSPS) is 19.5. The van der Waals surface area contributed by atoms with E-state index in [1.807, 2.05) is 0 Å². The van der Waals surface area contributed by atoms with Crippen molar-refractivity contribution in [3.05, 3.63) is 0 Å². The van der Waals surface area contributed by atoms with E-state index >= 15 is 0 Å². The minimum atomic E-state index is -0.756. The fraction of sp³-hybridized carbons (Fsp3) is 0.857. The van der Waals surface area contributed by atoms with Crippen molar-refractivity contribution in [3.8, 4) is 0 Å². The molecule has 0 aromatic heterocycles. The Morgan fingerprint density at radius 2 is 2.36 bits per heavy atom. The van der Waals surface area contributed by atoms with Crippen molar-refractivity contribution in [2.75, 3.05) is 13.2 Å². The molecule has 0 bridgehead atoms. The highest BCUT2D eigenvalue weighted by Crippen LogP contribution is 2.27. The maximum Gasteiger partial charge on any atom is 0.239 e. The van der Waals surface area contributed by atoms with Gasteiger partial charge in [-0.2, -0.15) is 0 Å². The van der Waals surface area contributed by atoms with Gasteiger partial charge >= 0.3 is 0 Å². The fourth-order valence-corrected chi connectivity index (χ4v) is 0.781. The summed E-state index contributed by atoms with van der Waals surface area (Å²) >= 11 is 0. The zero-order valence-corrected chi connectivity index (χ0v) is 6.42. The molecule has 4 heteroatoms. The van der Waals surface area contributed by atoms with Crippen LogP contribution in [0.25, 0.3) is 0 Å². The zero-order chi connectivity index (χ0) is 8.27. The first kappa shape index (κ1) is 8.49. The lowest BCUT2D eigenvalue weighted by Gasteiger charge is -2.07. The molecule has 1 aliphatic rings. The summed E-state index contributed by atoms with van der Waals surface area (Å²) in [7, 11) is 0. The van der Waals surface area contributed by atoms with E-state index in [2.05, 4.69) is 5.32 Å². The van der Waals surface area contributed by atoms with Gasteiger partial charge in [-0.15, -0.1) is 0 Å². The lowest BCUT2D eigenvalue weighted by Crippen LogP contribution is -2.43. The quantitative estimate of drug-likeness (QED) is 0.482. The van der Waals surface area contributed by atoms with Gasteiger partial charge in [-0.3, -0.25) is 4.79 Å². The van der Waals surface area contributed by atoms with Crippen molar-refractivity contribution in [3.63, 3.8) is 0 Å². The number of aliphatic hydroxyl groups excluding tert-OH is 1. The summed E-state index contributed by atoms with van der Waals surface area (Å²) in [6, 6.07) is -0.756. The number of hydrogen-bond acceptors (Lipinski definition) is 3. The maximum absolute atomic E-state index is 10.9. The molecule has 1 rings (SSSR count). The molecule has 0 aromatic carbocycles. The minimum absolute atomic E-state index is 0.251. The smallest absolute Gasteiger partial charge is 0.239 e. The number of nitrogens with one attached hydrogen (secondary N) is 1. The monoisotopic (exact) mass is 158 g/mol. The molecule has 0 aromatic rings. The molecule has 1 amide bonds. The lowest BCUT2D eigenvalue weighted by atomic mass is 10.3. The number of carbonyl (C=O) groups excluding carboxylic acids is 1. The van der Waals surface area contributed by atoms with Gasteiger partial charge in [0.05, 0.1) is 6.61 Å². The molecule has 1 aliphatic carbocycles. The van der Waals surface area contributed by atoms with Crippen LogP contribution in [0, 0.1) is 5.92 Å². The fourth-order valence-electron chi connectivity index (χ4n) is 0.781. The third kappa shape index (κ3) is 2.86. The molecule has 11 heavy (non-hydrogen) atoms. The third-order valence-electron chi connectivity index (χ3n) is 1.80. The van der Waals surface area contributed by atoms with Crippen molar-refractivity contribution < 1.29 is 9.90 Å². The molecule has 0 unspecified atom stereocenters. The standard InChI is InChI=1S/C7H14N2O2/c8-6(4-10)7(11)9-3-5-1-2-5/h5-6,10H,1-4,8H2,(H,9,11)/t6-/m0/s1. The number of nitrogens with two attached hydrogens (primary N) is 1. The second-order valence-corrected chi connectivity index (χ2v) is 2.98. The Hall–Kier alpha value is -0.610. The van der Waals surface area contributed by atoms with Crippen molar-refractivity contribution in [1.82, 2.24) is 5.32 Å². The molecule has 0 spiro atoms. The van der Waals surface area contributed by atoms with Crippen LogP contribution >= 0.6 is 0 Å². The lowest BCUT2D eigenvalue weighted by molar-refractivity contribution is -0.123. The van der Waals surface area contributed by atoms with Crippen LogP contribution in [0.15, 0.2) is 0 Å². The van der Waals surface area contributed by atoms with Gasteiger partial charge in [0.1, 0.15) is 6.04 Å². The highest BCUT2D eigenvalue weighted by molar-refractivity contribution is 5.81. The minimum Gasteiger partial charge on any atom is -0.394 e. The Morgan fingerprint density at radius 1 is 1.73 bits per heavy atom. The molecule has 4 nitrogen and oxygen atoms in total. The zero-order valence-electron chi connectivity index (χ0n) is 6.42. The van der Waals surface area contributed by atoms with Crippen LogP contribution in [-0.4, -0.2) is 30.2 Å². The molecule has 64 valence electrons. The number of amides is 1. The Morgan fingerprint density at radius 3 is 2.82 bits per heavy atom. The van der Waals surface area contributed by atoms with Crippen molar-refractivity contribution in [2.24, 2.45) is 11.7 Å². The molecule has 1 fully saturated rings. The Balaban J connectivity index is 2.08. The number of aliphatic hydroxyl groups is 1. The summed E-state index contributed by atoms with van der Waals surface area (Å²) in [4.78, 5) is 10.9. The van der Waals surface area contributed by atoms with Crippen LogP contribution in [-0.2, 0) is 4.79 Å². The van der Waals surface area contributed by atoms with E-state index in [1.165, 1.54) is 12.8 Å². The first-order valence-electron chi connectivity index (χ1n) is 3.88. The van der Waals surface area contributed by atoms with E-state index < -0.39 is 6.04 Å². The average Bonchev–Trinajstić information content (AvgIpc) is 2.81. The molecule has 0 radical (unpaired) electrons. The summed E-state index contributed by atoms with van der Waals surface area (Å²) in [5.74, 6) is 0.407.